The number of likely N-dealkylation sites (N-methyl/N-ethyl adjacent to an activating group) is 1. The van der Waals surface area contributed by atoms with Crippen LogP contribution in [0.2, 0.25) is 0 Å². The molecule has 0 spiro atoms. The Morgan fingerprint density at radius 1 is 1.45 bits per heavy atom. The van der Waals surface area contributed by atoms with E-state index in [1.54, 1.807) is 14.1 Å². The summed E-state index contributed by atoms with van der Waals surface area (Å²) in [5.74, 6) is -0.502. The van der Waals surface area contributed by atoms with Gasteiger partial charge in [-0.05, 0) is 0 Å². The van der Waals surface area contributed by atoms with Gasteiger partial charge in [-0.1, -0.05) is 0 Å². The van der Waals surface area contributed by atoms with Crippen molar-refractivity contribution in [2.24, 2.45) is 0 Å². The summed E-state index contributed by atoms with van der Waals surface area (Å²) in [5.41, 5.74) is -0.245. The van der Waals surface area contributed by atoms with Crippen LogP contribution < -0.4 is 10.9 Å². The zero-order valence-electron chi connectivity index (χ0n) is 11.4. The van der Waals surface area contributed by atoms with Crippen LogP contribution in [0.5, 0.6) is 0 Å². The molecule has 2 heterocycles. The summed E-state index contributed by atoms with van der Waals surface area (Å²) >= 11 is 0. The number of carbonyl (C=O) groups excluding carboxylic acids is 2. The lowest BCUT2D eigenvalue weighted by atomic mass is 10.1. The van der Waals surface area contributed by atoms with E-state index in [0.29, 0.717) is 19.6 Å². The van der Waals surface area contributed by atoms with Gasteiger partial charge in [0.1, 0.15) is 11.7 Å². The molecule has 1 unspecified atom stereocenters. The Hall–Kier alpha value is -2.22. The predicted octanol–water partition coefficient (Wildman–Crippen LogP) is -1.73. The third-order valence-corrected chi connectivity index (χ3v) is 3.12. The normalized spacial score (nSPS) is 18.7. The van der Waals surface area contributed by atoms with Crippen LogP contribution in [-0.2, 0) is 4.79 Å². The van der Waals surface area contributed by atoms with Gasteiger partial charge in [-0.25, -0.2) is 4.98 Å². The van der Waals surface area contributed by atoms with Gasteiger partial charge in [0.15, 0.2) is 0 Å². The number of amides is 2. The van der Waals surface area contributed by atoms with Crippen LogP contribution in [0.4, 0.5) is 0 Å². The zero-order chi connectivity index (χ0) is 14.7. The Morgan fingerprint density at radius 2 is 2.20 bits per heavy atom. The number of aromatic amines is 1. The van der Waals surface area contributed by atoms with Crippen molar-refractivity contribution >= 4 is 11.8 Å². The third-order valence-electron chi connectivity index (χ3n) is 3.12. The second-order valence-corrected chi connectivity index (χ2v) is 4.75. The molecule has 1 aromatic rings. The number of H-pyrrole nitrogens is 1. The first-order chi connectivity index (χ1) is 9.50. The zero-order valence-corrected chi connectivity index (χ0v) is 11.4. The Labute approximate surface area is 115 Å². The van der Waals surface area contributed by atoms with E-state index in [2.05, 4.69) is 15.3 Å². The quantitative estimate of drug-likeness (QED) is 0.670. The average Bonchev–Trinajstić information content (AvgIpc) is 2.46. The van der Waals surface area contributed by atoms with Crippen LogP contribution in [0.3, 0.4) is 0 Å². The Kier molecular flexibility index (Phi) is 4.14. The van der Waals surface area contributed by atoms with Gasteiger partial charge < -0.3 is 20.1 Å². The highest BCUT2D eigenvalue weighted by atomic mass is 16.2. The molecule has 0 radical (unpaired) electrons. The minimum atomic E-state index is -0.556. The molecular weight excluding hydrogens is 262 g/mol. The van der Waals surface area contributed by atoms with Crippen LogP contribution in [0, 0.1) is 0 Å². The third kappa shape index (κ3) is 2.85. The molecule has 1 aliphatic rings. The van der Waals surface area contributed by atoms with E-state index in [9.17, 15) is 14.4 Å². The standard InChI is InChI=1S/C12H17N5O3/c1-16(2)12(20)9-6-13-3-4-17(9)11(19)8-5-15-10(18)7-14-8/h5,7,9,13H,3-4,6H2,1-2H3,(H,15,18). The summed E-state index contributed by atoms with van der Waals surface area (Å²) in [6, 6.07) is -0.556. The maximum atomic E-state index is 12.4. The number of nitrogens with zero attached hydrogens (tertiary/aromatic N) is 3. The maximum absolute atomic E-state index is 12.4. The van der Waals surface area contributed by atoms with E-state index in [4.69, 9.17) is 0 Å². The van der Waals surface area contributed by atoms with Gasteiger partial charge in [-0.15, -0.1) is 0 Å². The van der Waals surface area contributed by atoms with E-state index in [-0.39, 0.29) is 23.1 Å². The molecule has 2 amide bonds. The number of carbonyl (C=O) groups is 2. The first-order valence-electron chi connectivity index (χ1n) is 6.28. The van der Waals surface area contributed by atoms with Crippen molar-refractivity contribution in [1.82, 2.24) is 25.1 Å². The molecule has 0 aliphatic carbocycles. The second kappa shape index (κ2) is 5.83. The minimum absolute atomic E-state index is 0.128. The highest BCUT2D eigenvalue weighted by Gasteiger charge is 2.33. The molecule has 1 aliphatic heterocycles. The van der Waals surface area contributed by atoms with E-state index < -0.39 is 6.04 Å². The fraction of sp³-hybridized carbons (Fsp3) is 0.500. The van der Waals surface area contributed by atoms with Crippen LogP contribution in [0.15, 0.2) is 17.2 Å². The van der Waals surface area contributed by atoms with Gasteiger partial charge in [0, 0.05) is 39.9 Å². The first kappa shape index (κ1) is 14.2. The lowest BCUT2D eigenvalue weighted by molar-refractivity contribution is -0.134. The lowest BCUT2D eigenvalue weighted by Crippen LogP contribution is -2.59. The first-order valence-corrected chi connectivity index (χ1v) is 6.28. The fourth-order valence-electron chi connectivity index (χ4n) is 2.07. The van der Waals surface area contributed by atoms with Gasteiger partial charge in [0.25, 0.3) is 11.5 Å². The van der Waals surface area contributed by atoms with Crippen molar-refractivity contribution < 1.29 is 9.59 Å². The fourth-order valence-corrected chi connectivity index (χ4v) is 2.07. The molecule has 0 saturated carbocycles. The molecule has 1 fully saturated rings. The molecular formula is C12H17N5O3. The molecule has 1 atom stereocenters. The van der Waals surface area contributed by atoms with Crippen molar-refractivity contribution in [2.45, 2.75) is 6.04 Å². The largest absolute Gasteiger partial charge is 0.347 e. The summed E-state index contributed by atoms with van der Waals surface area (Å²) in [6.45, 7) is 1.45. The highest BCUT2D eigenvalue weighted by Crippen LogP contribution is 2.09. The van der Waals surface area contributed by atoms with Crippen molar-refractivity contribution in [3.63, 3.8) is 0 Å². The monoisotopic (exact) mass is 279 g/mol. The van der Waals surface area contributed by atoms with Gasteiger partial charge >= 0.3 is 0 Å². The number of hydrogen-bond acceptors (Lipinski definition) is 5. The van der Waals surface area contributed by atoms with Crippen LogP contribution in [-0.4, -0.2) is 71.4 Å². The minimum Gasteiger partial charge on any atom is -0.347 e. The topological polar surface area (TPSA) is 98.4 Å². The molecule has 8 nitrogen and oxygen atoms in total. The smallest absolute Gasteiger partial charge is 0.274 e. The number of nitrogens with one attached hydrogen (secondary N) is 2. The van der Waals surface area contributed by atoms with Crippen molar-refractivity contribution in [1.29, 1.82) is 0 Å². The highest BCUT2D eigenvalue weighted by molar-refractivity contribution is 5.96. The number of rotatable bonds is 2. The van der Waals surface area contributed by atoms with Gasteiger partial charge in [-0.3, -0.25) is 14.4 Å². The average molecular weight is 279 g/mol. The van der Waals surface area contributed by atoms with E-state index in [1.807, 2.05) is 0 Å². The number of hydrogen-bond donors (Lipinski definition) is 2. The van der Waals surface area contributed by atoms with E-state index in [0.717, 1.165) is 6.20 Å². The Bertz CT molecular complexity index is 548. The summed E-state index contributed by atoms with van der Waals surface area (Å²) in [4.78, 5) is 44.6. The molecule has 2 N–H and O–H groups in total. The summed E-state index contributed by atoms with van der Waals surface area (Å²) in [7, 11) is 3.30. The van der Waals surface area contributed by atoms with Crippen LogP contribution in [0.25, 0.3) is 0 Å². The van der Waals surface area contributed by atoms with Gasteiger partial charge in [0.05, 0.1) is 6.20 Å². The van der Waals surface area contributed by atoms with Gasteiger partial charge in [0.2, 0.25) is 5.91 Å². The molecule has 8 heteroatoms. The Balaban J connectivity index is 2.23. The molecule has 2 rings (SSSR count). The second-order valence-electron chi connectivity index (χ2n) is 4.75. The van der Waals surface area contributed by atoms with Crippen LogP contribution in [0.1, 0.15) is 10.5 Å². The molecule has 1 saturated heterocycles. The van der Waals surface area contributed by atoms with Crippen molar-refractivity contribution in [3.8, 4) is 0 Å². The number of piperazine rings is 1. The molecule has 0 aromatic carbocycles. The Morgan fingerprint density at radius 3 is 2.80 bits per heavy atom. The summed E-state index contributed by atoms with van der Waals surface area (Å²) < 4.78 is 0. The molecule has 1 aromatic heterocycles. The van der Waals surface area contributed by atoms with Crippen molar-refractivity contribution in [2.75, 3.05) is 33.7 Å². The molecule has 108 valence electrons. The molecule has 20 heavy (non-hydrogen) atoms. The van der Waals surface area contributed by atoms with Gasteiger partial charge in [-0.2, -0.15) is 0 Å². The summed E-state index contributed by atoms with van der Waals surface area (Å²) in [5, 5.41) is 3.10. The maximum Gasteiger partial charge on any atom is 0.274 e. The van der Waals surface area contributed by atoms with Crippen molar-refractivity contribution in [3.05, 3.63) is 28.4 Å². The molecule has 0 bridgehead atoms. The van der Waals surface area contributed by atoms with Crippen LogP contribution >= 0.6 is 0 Å². The number of aromatic nitrogens is 2. The summed E-state index contributed by atoms with van der Waals surface area (Å²) in [6.07, 6.45) is 2.32. The van der Waals surface area contributed by atoms with E-state index >= 15 is 0 Å². The van der Waals surface area contributed by atoms with E-state index in [1.165, 1.54) is 16.0 Å². The predicted molar refractivity (Wildman–Crippen MR) is 71.2 cm³/mol. The lowest BCUT2D eigenvalue weighted by Gasteiger charge is -2.36. The SMILES string of the molecule is CN(C)C(=O)C1CNCCN1C(=O)c1c[nH]c(=O)cn1.